The first kappa shape index (κ1) is 18.5. The Morgan fingerprint density at radius 1 is 1.10 bits per heavy atom. The molecule has 3 aliphatic rings. The minimum Gasteiger partial charge on any atom is -0.493 e. The van der Waals surface area contributed by atoms with Crippen molar-refractivity contribution in [2.45, 2.75) is 38.5 Å². The summed E-state index contributed by atoms with van der Waals surface area (Å²) in [5.74, 6) is 2.39. The maximum atomic E-state index is 13.8. The first-order chi connectivity index (χ1) is 14.2. The molecule has 3 aliphatic heterocycles. The van der Waals surface area contributed by atoms with E-state index in [4.69, 9.17) is 9.47 Å². The summed E-state index contributed by atoms with van der Waals surface area (Å²) in [4.78, 5) is 14.5. The summed E-state index contributed by atoms with van der Waals surface area (Å²) in [6, 6.07) is 8.70. The standard InChI is InChI=1S/C24H26FNO3/c25-21-4-2-1-3-17(21)15-23(27)26-9-5-16(6-10-26)13-20-19-8-12-28-22(19)14-18-7-11-29-24(18)20/h1-4,14,16H,5-13,15H2. The van der Waals surface area contributed by atoms with Gasteiger partial charge in [0.15, 0.2) is 0 Å². The fourth-order valence-electron chi connectivity index (χ4n) is 4.89. The van der Waals surface area contributed by atoms with E-state index < -0.39 is 0 Å². The summed E-state index contributed by atoms with van der Waals surface area (Å²) in [5, 5.41) is 0. The fourth-order valence-corrected chi connectivity index (χ4v) is 4.89. The molecule has 152 valence electrons. The van der Waals surface area contributed by atoms with Crippen LogP contribution >= 0.6 is 0 Å². The largest absolute Gasteiger partial charge is 0.493 e. The molecule has 0 aromatic heterocycles. The van der Waals surface area contributed by atoms with E-state index in [1.807, 2.05) is 4.90 Å². The highest BCUT2D eigenvalue weighted by molar-refractivity contribution is 5.78. The van der Waals surface area contributed by atoms with Gasteiger partial charge in [0.25, 0.3) is 0 Å². The second kappa shape index (κ2) is 7.69. The Hall–Kier alpha value is -2.56. The number of piperidine rings is 1. The highest BCUT2D eigenvalue weighted by atomic mass is 19.1. The van der Waals surface area contributed by atoms with Crippen LogP contribution < -0.4 is 9.47 Å². The lowest BCUT2D eigenvalue weighted by Crippen LogP contribution is -2.39. The molecule has 5 heteroatoms. The van der Waals surface area contributed by atoms with E-state index in [9.17, 15) is 9.18 Å². The average Bonchev–Trinajstić information content (AvgIpc) is 3.39. The Labute approximate surface area is 170 Å². The molecule has 0 spiro atoms. The number of hydrogen-bond acceptors (Lipinski definition) is 3. The van der Waals surface area contributed by atoms with Crippen molar-refractivity contribution < 1.29 is 18.7 Å². The molecule has 2 aromatic rings. The summed E-state index contributed by atoms with van der Waals surface area (Å²) in [6.45, 7) is 3.00. The zero-order valence-corrected chi connectivity index (χ0v) is 16.6. The third-order valence-corrected chi connectivity index (χ3v) is 6.52. The SMILES string of the molecule is O=C(Cc1ccccc1F)N1CCC(Cc2c3c(cc4c2OCC4)OCC3)CC1. The molecule has 5 rings (SSSR count). The number of rotatable bonds is 4. The van der Waals surface area contributed by atoms with Gasteiger partial charge < -0.3 is 14.4 Å². The Morgan fingerprint density at radius 2 is 1.90 bits per heavy atom. The fraction of sp³-hybridized carbons (Fsp3) is 0.458. The van der Waals surface area contributed by atoms with Gasteiger partial charge in [0, 0.05) is 42.6 Å². The average molecular weight is 395 g/mol. The molecule has 0 aliphatic carbocycles. The Bertz CT molecular complexity index is 902. The number of fused-ring (bicyclic) bond motifs is 2. The van der Waals surface area contributed by atoms with Crippen molar-refractivity contribution >= 4 is 5.91 Å². The third-order valence-electron chi connectivity index (χ3n) is 6.52. The van der Waals surface area contributed by atoms with Gasteiger partial charge in [-0.2, -0.15) is 0 Å². The molecule has 29 heavy (non-hydrogen) atoms. The van der Waals surface area contributed by atoms with Gasteiger partial charge in [0.05, 0.1) is 19.6 Å². The number of halogens is 1. The maximum Gasteiger partial charge on any atom is 0.227 e. The molecule has 4 nitrogen and oxygen atoms in total. The van der Waals surface area contributed by atoms with Gasteiger partial charge in [-0.05, 0) is 42.9 Å². The number of carbonyl (C=O) groups excluding carboxylic acids is 1. The second-order valence-corrected chi connectivity index (χ2v) is 8.31. The predicted octanol–water partition coefficient (Wildman–Crippen LogP) is 3.72. The van der Waals surface area contributed by atoms with Crippen LogP contribution in [0.15, 0.2) is 30.3 Å². The number of likely N-dealkylation sites (tertiary alicyclic amines) is 1. The van der Waals surface area contributed by atoms with Gasteiger partial charge in [-0.3, -0.25) is 4.79 Å². The molecular weight excluding hydrogens is 369 g/mol. The molecule has 0 saturated carbocycles. The van der Waals surface area contributed by atoms with Gasteiger partial charge in [-0.15, -0.1) is 0 Å². The van der Waals surface area contributed by atoms with Crippen LogP contribution in [0.5, 0.6) is 11.5 Å². The zero-order valence-electron chi connectivity index (χ0n) is 16.6. The molecule has 0 N–H and O–H groups in total. The highest BCUT2D eigenvalue weighted by Gasteiger charge is 2.30. The number of carbonyl (C=O) groups is 1. The van der Waals surface area contributed by atoms with Crippen molar-refractivity contribution in [2.75, 3.05) is 26.3 Å². The highest BCUT2D eigenvalue weighted by Crippen LogP contribution is 2.42. The van der Waals surface area contributed by atoms with Gasteiger partial charge in [0.2, 0.25) is 5.91 Å². The number of nitrogens with zero attached hydrogens (tertiary/aromatic N) is 1. The van der Waals surface area contributed by atoms with Gasteiger partial charge >= 0.3 is 0 Å². The number of ether oxygens (including phenoxy) is 2. The van der Waals surface area contributed by atoms with Crippen molar-refractivity contribution in [1.82, 2.24) is 4.90 Å². The van der Waals surface area contributed by atoms with Crippen LogP contribution in [-0.2, 0) is 30.5 Å². The van der Waals surface area contributed by atoms with E-state index in [0.717, 1.165) is 69.9 Å². The first-order valence-corrected chi connectivity index (χ1v) is 10.6. The summed E-state index contributed by atoms with van der Waals surface area (Å²) < 4.78 is 25.7. The molecular formula is C24H26FNO3. The molecule has 1 saturated heterocycles. The van der Waals surface area contributed by atoms with Crippen LogP contribution in [0.3, 0.4) is 0 Å². The summed E-state index contributed by atoms with van der Waals surface area (Å²) in [7, 11) is 0. The van der Waals surface area contributed by atoms with Gasteiger partial charge in [-0.25, -0.2) is 4.39 Å². The first-order valence-electron chi connectivity index (χ1n) is 10.6. The van der Waals surface area contributed by atoms with E-state index in [1.165, 1.54) is 22.8 Å². The predicted molar refractivity (Wildman–Crippen MR) is 108 cm³/mol. The van der Waals surface area contributed by atoms with Crippen molar-refractivity contribution in [3.63, 3.8) is 0 Å². The third kappa shape index (κ3) is 3.59. The van der Waals surface area contributed by atoms with Crippen LogP contribution in [0.1, 0.15) is 35.1 Å². The minimum atomic E-state index is -0.301. The van der Waals surface area contributed by atoms with Crippen molar-refractivity contribution in [3.8, 4) is 11.5 Å². The van der Waals surface area contributed by atoms with E-state index in [2.05, 4.69) is 6.07 Å². The van der Waals surface area contributed by atoms with E-state index in [-0.39, 0.29) is 18.1 Å². The normalized spacial score (nSPS) is 18.2. The van der Waals surface area contributed by atoms with Crippen molar-refractivity contribution in [1.29, 1.82) is 0 Å². The maximum absolute atomic E-state index is 13.8. The molecule has 0 bridgehead atoms. The number of hydrogen-bond donors (Lipinski definition) is 0. The van der Waals surface area contributed by atoms with Crippen molar-refractivity contribution in [3.05, 3.63) is 58.4 Å². The Balaban J connectivity index is 1.23. The van der Waals surface area contributed by atoms with Crippen LogP contribution in [0.4, 0.5) is 4.39 Å². The van der Waals surface area contributed by atoms with Crippen LogP contribution in [0.2, 0.25) is 0 Å². The second-order valence-electron chi connectivity index (χ2n) is 8.31. The van der Waals surface area contributed by atoms with E-state index >= 15 is 0 Å². The Morgan fingerprint density at radius 3 is 2.72 bits per heavy atom. The molecule has 0 atom stereocenters. The quantitative estimate of drug-likeness (QED) is 0.792. The lowest BCUT2D eigenvalue weighted by Gasteiger charge is -2.32. The number of amides is 1. The molecule has 1 amide bonds. The molecule has 2 aromatic carbocycles. The summed E-state index contributed by atoms with van der Waals surface area (Å²) >= 11 is 0. The van der Waals surface area contributed by atoms with Gasteiger partial charge in [0.1, 0.15) is 17.3 Å². The topological polar surface area (TPSA) is 38.8 Å². The lowest BCUT2D eigenvalue weighted by atomic mass is 9.86. The van der Waals surface area contributed by atoms with E-state index in [1.54, 1.807) is 18.2 Å². The summed E-state index contributed by atoms with van der Waals surface area (Å²) in [6.07, 6.45) is 5.00. The number of benzene rings is 2. The smallest absolute Gasteiger partial charge is 0.227 e. The Kier molecular flexibility index (Phi) is 4.90. The summed E-state index contributed by atoms with van der Waals surface area (Å²) in [5.41, 5.74) is 4.41. The molecule has 0 radical (unpaired) electrons. The minimum absolute atomic E-state index is 0.0202. The molecule has 3 heterocycles. The zero-order chi connectivity index (χ0) is 19.8. The monoisotopic (exact) mass is 395 g/mol. The van der Waals surface area contributed by atoms with E-state index in [0.29, 0.717) is 11.5 Å². The van der Waals surface area contributed by atoms with Gasteiger partial charge in [-0.1, -0.05) is 18.2 Å². The van der Waals surface area contributed by atoms with Crippen LogP contribution in [0, 0.1) is 11.7 Å². The van der Waals surface area contributed by atoms with Crippen LogP contribution in [0.25, 0.3) is 0 Å². The molecule has 1 fully saturated rings. The lowest BCUT2D eigenvalue weighted by molar-refractivity contribution is -0.131. The van der Waals surface area contributed by atoms with Crippen LogP contribution in [-0.4, -0.2) is 37.1 Å². The molecule has 0 unspecified atom stereocenters. The van der Waals surface area contributed by atoms with Crippen molar-refractivity contribution in [2.24, 2.45) is 5.92 Å².